The summed E-state index contributed by atoms with van der Waals surface area (Å²) < 4.78 is 7.53. The van der Waals surface area contributed by atoms with E-state index >= 15 is 0 Å². The molecule has 0 fully saturated rings. The number of rotatable bonds is 3. The Balaban J connectivity index is 1.76. The van der Waals surface area contributed by atoms with Crippen LogP contribution in [-0.4, -0.2) is 24.9 Å². The Bertz CT molecular complexity index is 863. The SMILES string of the molecule is CCn1nc(-c2noc(-c3ccncc3)n2)c2c1CC(C)(C)CC2. The molecule has 0 aromatic carbocycles. The Kier molecular flexibility index (Phi) is 3.48. The lowest BCUT2D eigenvalue weighted by Gasteiger charge is -2.30. The number of pyridine rings is 1. The van der Waals surface area contributed by atoms with E-state index in [2.05, 4.69) is 40.6 Å². The molecule has 1 aliphatic rings. The predicted molar refractivity (Wildman–Crippen MR) is 90.2 cm³/mol. The Morgan fingerprint density at radius 3 is 2.79 bits per heavy atom. The molecule has 0 saturated heterocycles. The molecule has 3 heterocycles. The Morgan fingerprint density at radius 2 is 2.04 bits per heavy atom. The van der Waals surface area contributed by atoms with E-state index in [0.717, 1.165) is 37.1 Å². The van der Waals surface area contributed by atoms with Crippen molar-refractivity contribution < 1.29 is 4.52 Å². The van der Waals surface area contributed by atoms with Crippen molar-refractivity contribution >= 4 is 0 Å². The fourth-order valence-corrected chi connectivity index (χ4v) is 3.37. The van der Waals surface area contributed by atoms with Gasteiger partial charge in [0, 0.05) is 35.8 Å². The zero-order valence-electron chi connectivity index (χ0n) is 14.3. The molecule has 6 nitrogen and oxygen atoms in total. The minimum atomic E-state index is 0.316. The maximum absolute atomic E-state index is 5.44. The first kappa shape index (κ1) is 15.1. The Labute approximate surface area is 140 Å². The molecular weight excluding hydrogens is 302 g/mol. The topological polar surface area (TPSA) is 69.6 Å². The fraction of sp³-hybridized carbons (Fsp3) is 0.444. The summed E-state index contributed by atoms with van der Waals surface area (Å²) in [7, 11) is 0. The average Bonchev–Trinajstić information content (AvgIpc) is 3.19. The first-order valence-corrected chi connectivity index (χ1v) is 8.40. The van der Waals surface area contributed by atoms with E-state index < -0.39 is 0 Å². The van der Waals surface area contributed by atoms with Crippen molar-refractivity contribution in [3.8, 4) is 23.0 Å². The van der Waals surface area contributed by atoms with Crippen molar-refractivity contribution in [3.63, 3.8) is 0 Å². The number of fused-ring (bicyclic) bond motifs is 1. The Hall–Kier alpha value is -2.50. The van der Waals surface area contributed by atoms with Crippen LogP contribution in [0.25, 0.3) is 23.0 Å². The highest BCUT2D eigenvalue weighted by atomic mass is 16.5. The van der Waals surface area contributed by atoms with Gasteiger partial charge in [0.2, 0.25) is 5.82 Å². The number of aryl methyl sites for hydroxylation is 1. The van der Waals surface area contributed by atoms with Gasteiger partial charge in [-0.05, 0) is 43.7 Å². The standard InChI is InChI=1S/C18H21N5O/c1-4-23-14-11-18(2,3)8-5-13(14)15(21-23)16-20-17(24-22-16)12-6-9-19-10-7-12/h6-7,9-10H,4-5,8,11H2,1-3H3. The van der Waals surface area contributed by atoms with E-state index in [1.165, 1.54) is 11.3 Å². The summed E-state index contributed by atoms with van der Waals surface area (Å²) in [5, 5.41) is 8.94. The van der Waals surface area contributed by atoms with Crippen molar-refractivity contribution in [2.24, 2.45) is 5.41 Å². The van der Waals surface area contributed by atoms with Gasteiger partial charge >= 0.3 is 0 Å². The number of hydrogen-bond acceptors (Lipinski definition) is 5. The quantitative estimate of drug-likeness (QED) is 0.737. The summed E-state index contributed by atoms with van der Waals surface area (Å²) >= 11 is 0. The normalized spacial score (nSPS) is 16.1. The summed E-state index contributed by atoms with van der Waals surface area (Å²) in [5.41, 5.74) is 4.65. The summed E-state index contributed by atoms with van der Waals surface area (Å²) in [4.78, 5) is 8.58. The molecule has 0 saturated carbocycles. The third-order valence-corrected chi connectivity index (χ3v) is 4.73. The number of aromatic nitrogens is 5. The number of hydrogen-bond donors (Lipinski definition) is 0. The summed E-state index contributed by atoms with van der Waals surface area (Å²) in [6.07, 6.45) is 6.64. The largest absolute Gasteiger partial charge is 0.334 e. The average molecular weight is 323 g/mol. The van der Waals surface area contributed by atoms with Gasteiger partial charge in [0.05, 0.1) is 0 Å². The molecule has 0 amide bonds. The van der Waals surface area contributed by atoms with E-state index in [4.69, 9.17) is 9.62 Å². The predicted octanol–water partition coefficient (Wildman–Crippen LogP) is 3.53. The van der Waals surface area contributed by atoms with Gasteiger partial charge in [0.1, 0.15) is 5.69 Å². The van der Waals surface area contributed by atoms with Gasteiger partial charge in [-0.3, -0.25) is 9.67 Å². The summed E-state index contributed by atoms with van der Waals surface area (Å²) in [5.74, 6) is 1.08. The van der Waals surface area contributed by atoms with Crippen molar-refractivity contribution in [1.29, 1.82) is 0 Å². The van der Waals surface area contributed by atoms with E-state index in [-0.39, 0.29) is 0 Å². The lowest BCUT2D eigenvalue weighted by Crippen LogP contribution is -2.24. The second kappa shape index (κ2) is 5.54. The van der Waals surface area contributed by atoms with Crippen LogP contribution in [0.1, 0.15) is 38.4 Å². The molecule has 24 heavy (non-hydrogen) atoms. The highest BCUT2D eigenvalue weighted by Crippen LogP contribution is 2.38. The first-order chi connectivity index (χ1) is 11.6. The van der Waals surface area contributed by atoms with Gasteiger partial charge in [0.25, 0.3) is 5.89 Å². The van der Waals surface area contributed by atoms with Crippen LogP contribution in [0.2, 0.25) is 0 Å². The van der Waals surface area contributed by atoms with Crippen LogP contribution in [0.5, 0.6) is 0 Å². The Morgan fingerprint density at radius 1 is 1.25 bits per heavy atom. The first-order valence-electron chi connectivity index (χ1n) is 8.40. The highest BCUT2D eigenvalue weighted by Gasteiger charge is 2.32. The molecule has 0 atom stereocenters. The minimum Gasteiger partial charge on any atom is -0.334 e. The van der Waals surface area contributed by atoms with Crippen LogP contribution < -0.4 is 0 Å². The summed E-state index contributed by atoms with van der Waals surface area (Å²) in [6.45, 7) is 7.61. The number of nitrogens with zero attached hydrogens (tertiary/aromatic N) is 5. The fourth-order valence-electron chi connectivity index (χ4n) is 3.37. The second-order valence-corrected chi connectivity index (χ2v) is 7.09. The molecule has 0 bridgehead atoms. The molecule has 0 N–H and O–H groups in total. The van der Waals surface area contributed by atoms with Gasteiger partial charge in [-0.2, -0.15) is 10.1 Å². The second-order valence-electron chi connectivity index (χ2n) is 7.09. The molecule has 6 heteroatoms. The summed E-state index contributed by atoms with van der Waals surface area (Å²) in [6, 6.07) is 3.72. The van der Waals surface area contributed by atoms with Gasteiger partial charge < -0.3 is 4.52 Å². The maximum atomic E-state index is 5.44. The van der Waals surface area contributed by atoms with Crippen LogP contribution in [0, 0.1) is 5.41 Å². The van der Waals surface area contributed by atoms with E-state index in [1.54, 1.807) is 12.4 Å². The molecular formula is C18H21N5O. The van der Waals surface area contributed by atoms with E-state index in [1.807, 2.05) is 12.1 Å². The molecule has 0 spiro atoms. The van der Waals surface area contributed by atoms with Gasteiger partial charge in [-0.1, -0.05) is 19.0 Å². The molecule has 0 unspecified atom stereocenters. The van der Waals surface area contributed by atoms with Crippen LogP contribution >= 0.6 is 0 Å². The van der Waals surface area contributed by atoms with Crippen LogP contribution in [0.4, 0.5) is 0 Å². The molecule has 1 aliphatic carbocycles. The van der Waals surface area contributed by atoms with Gasteiger partial charge in [-0.15, -0.1) is 0 Å². The van der Waals surface area contributed by atoms with Crippen molar-refractivity contribution in [1.82, 2.24) is 24.9 Å². The third-order valence-electron chi connectivity index (χ3n) is 4.73. The molecule has 3 aromatic heterocycles. The lowest BCUT2D eigenvalue weighted by atomic mass is 9.76. The molecule has 124 valence electrons. The van der Waals surface area contributed by atoms with Gasteiger partial charge in [-0.25, -0.2) is 0 Å². The van der Waals surface area contributed by atoms with E-state index in [0.29, 0.717) is 17.1 Å². The van der Waals surface area contributed by atoms with Crippen molar-refractivity contribution in [2.45, 2.75) is 46.6 Å². The van der Waals surface area contributed by atoms with Crippen LogP contribution in [0.15, 0.2) is 29.0 Å². The van der Waals surface area contributed by atoms with Crippen molar-refractivity contribution in [2.75, 3.05) is 0 Å². The van der Waals surface area contributed by atoms with Crippen molar-refractivity contribution in [3.05, 3.63) is 35.8 Å². The lowest BCUT2D eigenvalue weighted by molar-refractivity contribution is 0.305. The smallest absolute Gasteiger partial charge is 0.258 e. The minimum absolute atomic E-state index is 0.316. The zero-order valence-corrected chi connectivity index (χ0v) is 14.3. The van der Waals surface area contributed by atoms with Gasteiger partial charge in [0.15, 0.2) is 0 Å². The molecule has 3 aromatic rings. The molecule has 0 radical (unpaired) electrons. The molecule has 4 rings (SSSR count). The third kappa shape index (κ3) is 2.52. The van der Waals surface area contributed by atoms with E-state index in [9.17, 15) is 0 Å². The maximum Gasteiger partial charge on any atom is 0.258 e. The molecule has 0 aliphatic heterocycles. The van der Waals surface area contributed by atoms with Crippen LogP contribution in [-0.2, 0) is 19.4 Å². The van der Waals surface area contributed by atoms with Crippen LogP contribution in [0.3, 0.4) is 0 Å². The monoisotopic (exact) mass is 323 g/mol. The zero-order chi connectivity index (χ0) is 16.7. The highest BCUT2D eigenvalue weighted by molar-refractivity contribution is 5.60.